The Bertz CT molecular complexity index is 425. The second-order valence-electron chi connectivity index (χ2n) is 3.94. The summed E-state index contributed by atoms with van der Waals surface area (Å²) in [6.45, 7) is 3.37. The van der Waals surface area contributed by atoms with Crippen molar-refractivity contribution in [2.45, 2.75) is 13.3 Å². The van der Waals surface area contributed by atoms with E-state index in [4.69, 9.17) is 0 Å². The molecule has 2 rings (SSSR count). The van der Waals surface area contributed by atoms with Crippen molar-refractivity contribution in [3.63, 3.8) is 0 Å². The molecule has 16 heavy (non-hydrogen) atoms. The van der Waals surface area contributed by atoms with Gasteiger partial charge in [0.2, 0.25) is 5.95 Å². The number of aromatic nitrogens is 1. The monoisotopic (exact) mass is 220 g/mol. The van der Waals surface area contributed by atoms with E-state index >= 15 is 0 Å². The fourth-order valence-electron chi connectivity index (χ4n) is 1.77. The van der Waals surface area contributed by atoms with E-state index in [9.17, 15) is 9.18 Å². The average Bonchev–Trinajstić information content (AvgIpc) is 2.29. The van der Waals surface area contributed by atoms with Crippen LogP contribution in [0.2, 0.25) is 0 Å². The molecule has 84 valence electrons. The summed E-state index contributed by atoms with van der Waals surface area (Å²) in [6, 6.07) is 2.68. The maximum atomic E-state index is 12.6. The lowest BCUT2D eigenvalue weighted by molar-refractivity contribution is 0.0765. The van der Waals surface area contributed by atoms with Crippen LogP contribution in [-0.4, -0.2) is 28.9 Å². The minimum Gasteiger partial charge on any atom is -0.334 e. The molecule has 1 aromatic heterocycles. The number of nitrogens with zero attached hydrogens (tertiary/aromatic N) is 2. The molecule has 4 heteroatoms. The van der Waals surface area contributed by atoms with Crippen LogP contribution in [0.5, 0.6) is 0 Å². The van der Waals surface area contributed by atoms with Crippen LogP contribution in [0.3, 0.4) is 0 Å². The first kappa shape index (κ1) is 10.8. The van der Waals surface area contributed by atoms with Gasteiger partial charge in [0.25, 0.3) is 5.91 Å². The fourth-order valence-corrected chi connectivity index (χ4v) is 1.77. The van der Waals surface area contributed by atoms with E-state index in [1.165, 1.54) is 23.9 Å². The predicted molar refractivity (Wildman–Crippen MR) is 58.5 cm³/mol. The number of carbonyl (C=O) groups excluding carboxylic acids is 1. The minimum atomic E-state index is -0.564. The molecule has 1 aromatic rings. The molecule has 0 saturated heterocycles. The first-order chi connectivity index (χ1) is 7.66. The molecule has 2 heterocycles. The summed E-state index contributed by atoms with van der Waals surface area (Å²) in [6.07, 6.45) is 4.30. The second kappa shape index (κ2) is 4.43. The minimum absolute atomic E-state index is 0.0834. The Balaban J connectivity index is 2.13. The summed E-state index contributed by atoms with van der Waals surface area (Å²) < 4.78 is 12.6. The number of hydrogen-bond donors (Lipinski definition) is 0. The van der Waals surface area contributed by atoms with Crippen molar-refractivity contribution in [2.75, 3.05) is 13.1 Å². The number of halogens is 1. The van der Waals surface area contributed by atoms with Gasteiger partial charge >= 0.3 is 0 Å². The lowest BCUT2D eigenvalue weighted by atomic mass is 10.1. The van der Waals surface area contributed by atoms with E-state index in [-0.39, 0.29) is 5.91 Å². The van der Waals surface area contributed by atoms with Gasteiger partial charge in [-0.25, -0.2) is 4.98 Å². The second-order valence-corrected chi connectivity index (χ2v) is 3.94. The van der Waals surface area contributed by atoms with Crippen molar-refractivity contribution >= 4 is 5.91 Å². The van der Waals surface area contributed by atoms with Crippen LogP contribution in [0.25, 0.3) is 0 Å². The maximum Gasteiger partial charge on any atom is 0.255 e. The standard InChI is InChI=1S/C12H13FN2O/c1-9-3-2-6-15(8-9)12(16)10-4-5-11(13)14-7-10/h3-5,7H,2,6,8H2,1H3. The zero-order valence-corrected chi connectivity index (χ0v) is 9.11. The van der Waals surface area contributed by atoms with Gasteiger partial charge in [-0.3, -0.25) is 4.79 Å². The number of amides is 1. The van der Waals surface area contributed by atoms with Crippen molar-refractivity contribution in [1.82, 2.24) is 9.88 Å². The Morgan fingerprint density at radius 3 is 2.94 bits per heavy atom. The van der Waals surface area contributed by atoms with E-state index in [0.29, 0.717) is 18.7 Å². The van der Waals surface area contributed by atoms with Crippen molar-refractivity contribution in [3.05, 3.63) is 41.5 Å². The molecule has 0 N–H and O–H groups in total. The van der Waals surface area contributed by atoms with Crippen LogP contribution in [0.1, 0.15) is 23.7 Å². The summed E-state index contributed by atoms with van der Waals surface area (Å²) in [5.74, 6) is -0.647. The van der Waals surface area contributed by atoms with Gasteiger partial charge < -0.3 is 4.90 Å². The van der Waals surface area contributed by atoms with Crippen LogP contribution in [0.4, 0.5) is 4.39 Å². The molecule has 0 aliphatic carbocycles. The Morgan fingerprint density at radius 1 is 1.50 bits per heavy atom. The lowest BCUT2D eigenvalue weighted by Gasteiger charge is -2.26. The SMILES string of the molecule is CC1=CCCN(C(=O)c2ccc(F)nc2)C1. The Labute approximate surface area is 93.6 Å². The molecule has 0 unspecified atom stereocenters. The molecule has 3 nitrogen and oxygen atoms in total. The third kappa shape index (κ3) is 2.27. The van der Waals surface area contributed by atoms with Gasteiger partial charge in [0.1, 0.15) is 0 Å². The summed E-state index contributed by atoms with van der Waals surface area (Å²) in [5.41, 5.74) is 1.63. The first-order valence-electron chi connectivity index (χ1n) is 5.23. The molecular formula is C12H13FN2O. The zero-order valence-electron chi connectivity index (χ0n) is 9.11. The van der Waals surface area contributed by atoms with Crippen molar-refractivity contribution in [2.24, 2.45) is 0 Å². The Morgan fingerprint density at radius 2 is 2.31 bits per heavy atom. The molecule has 1 aliphatic heterocycles. The van der Waals surface area contributed by atoms with Gasteiger partial charge in [0.05, 0.1) is 5.56 Å². The van der Waals surface area contributed by atoms with Gasteiger partial charge in [-0.2, -0.15) is 4.39 Å². The predicted octanol–water partition coefficient (Wildman–Crippen LogP) is 2.01. The largest absolute Gasteiger partial charge is 0.334 e. The van der Waals surface area contributed by atoms with Gasteiger partial charge in [-0.15, -0.1) is 0 Å². The Hall–Kier alpha value is -1.71. The summed E-state index contributed by atoms with van der Waals surface area (Å²) in [5, 5.41) is 0. The van der Waals surface area contributed by atoms with E-state index in [0.717, 1.165) is 6.42 Å². The van der Waals surface area contributed by atoms with Gasteiger partial charge in [0, 0.05) is 19.3 Å². The molecule has 0 saturated carbocycles. The Kier molecular flexibility index (Phi) is 2.99. The summed E-state index contributed by atoms with van der Waals surface area (Å²) in [4.78, 5) is 17.2. The normalized spacial score (nSPS) is 15.9. The molecule has 0 radical (unpaired) electrons. The van der Waals surface area contributed by atoms with Crippen LogP contribution in [0, 0.1) is 5.95 Å². The molecule has 1 amide bonds. The fraction of sp³-hybridized carbons (Fsp3) is 0.333. The lowest BCUT2D eigenvalue weighted by Crippen LogP contribution is -2.35. The molecule has 0 atom stereocenters. The van der Waals surface area contributed by atoms with Crippen molar-refractivity contribution in [1.29, 1.82) is 0 Å². The quantitative estimate of drug-likeness (QED) is 0.536. The number of hydrogen-bond acceptors (Lipinski definition) is 2. The van der Waals surface area contributed by atoms with Crippen molar-refractivity contribution < 1.29 is 9.18 Å². The van der Waals surface area contributed by atoms with E-state index in [1.54, 1.807) is 4.90 Å². The van der Waals surface area contributed by atoms with Crippen LogP contribution in [-0.2, 0) is 0 Å². The number of carbonyl (C=O) groups is 1. The van der Waals surface area contributed by atoms with Crippen LogP contribution in [0.15, 0.2) is 30.0 Å². The average molecular weight is 220 g/mol. The van der Waals surface area contributed by atoms with Crippen LogP contribution < -0.4 is 0 Å². The highest BCUT2D eigenvalue weighted by Crippen LogP contribution is 2.12. The topological polar surface area (TPSA) is 33.2 Å². The van der Waals surface area contributed by atoms with E-state index in [1.807, 2.05) is 6.92 Å². The maximum absolute atomic E-state index is 12.6. The van der Waals surface area contributed by atoms with Crippen LogP contribution >= 0.6 is 0 Å². The summed E-state index contributed by atoms with van der Waals surface area (Å²) in [7, 11) is 0. The van der Waals surface area contributed by atoms with Gasteiger partial charge in [-0.05, 0) is 25.5 Å². The smallest absolute Gasteiger partial charge is 0.255 e. The summed E-state index contributed by atoms with van der Waals surface area (Å²) >= 11 is 0. The van der Waals surface area contributed by atoms with E-state index in [2.05, 4.69) is 11.1 Å². The van der Waals surface area contributed by atoms with E-state index < -0.39 is 5.95 Å². The molecular weight excluding hydrogens is 207 g/mol. The van der Waals surface area contributed by atoms with Gasteiger partial charge in [-0.1, -0.05) is 11.6 Å². The molecule has 1 aliphatic rings. The molecule has 0 spiro atoms. The highest BCUT2D eigenvalue weighted by Gasteiger charge is 2.18. The van der Waals surface area contributed by atoms with Crippen molar-refractivity contribution in [3.8, 4) is 0 Å². The molecule has 0 bridgehead atoms. The first-order valence-corrected chi connectivity index (χ1v) is 5.23. The highest BCUT2D eigenvalue weighted by molar-refractivity contribution is 5.94. The highest BCUT2D eigenvalue weighted by atomic mass is 19.1. The third-order valence-electron chi connectivity index (χ3n) is 2.59. The number of rotatable bonds is 1. The number of pyridine rings is 1. The zero-order chi connectivity index (χ0) is 11.5. The van der Waals surface area contributed by atoms with Gasteiger partial charge in [0.15, 0.2) is 0 Å². The molecule has 0 fully saturated rings. The molecule has 0 aromatic carbocycles. The third-order valence-corrected chi connectivity index (χ3v) is 2.59.